The van der Waals surface area contributed by atoms with Crippen LogP contribution in [-0.2, 0) is 16.1 Å². The summed E-state index contributed by atoms with van der Waals surface area (Å²) in [6.07, 6.45) is 0. The van der Waals surface area contributed by atoms with Crippen molar-refractivity contribution in [3.8, 4) is 0 Å². The molecule has 0 saturated heterocycles. The first kappa shape index (κ1) is 11.1. The Bertz CT molecular complexity index is 341. The Hall–Kier alpha value is -0.940. The molecule has 14 heavy (non-hydrogen) atoms. The molecular formula is C9H10BrNO3. The second-order valence-electron chi connectivity index (χ2n) is 2.59. The molecular weight excluding hydrogens is 250 g/mol. The highest BCUT2D eigenvalue weighted by molar-refractivity contribution is 9.10. The predicted octanol–water partition coefficient (Wildman–Crippen LogP) is 1.78. The zero-order valence-corrected chi connectivity index (χ0v) is 9.50. The van der Waals surface area contributed by atoms with E-state index in [-0.39, 0.29) is 5.69 Å². The van der Waals surface area contributed by atoms with E-state index in [1.165, 1.54) is 7.11 Å². The van der Waals surface area contributed by atoms with E-state index in [2.05, 4.69) is 25.7 Å². The maximum Gasteiger partial charge on any atom is 0.356 e. The predicted molar refractivity (Wildman–Crippen MR) is 54.0 cm³/mol. The number of carbonyl (C=O) groups is 1. The van der Waals surface area contributed by atoms with Gasteiger partial charge in [0.15, 0.2) is 0 Å². The lowest BCUT2D eigenvalue weighted by Crippen LogP contribution is -2.06. The van der Waals surface area contributed by atoms with Gasteiger partial charge in [-0.1, -0.05) is 15.9 Å². The third-order valence-electron chi connectivity index (χ3n) is 1.53. The molecule has 0 aliphatic carbocycles. The number of aromatic nitrogens is 1. The first-order chi connectivity index (χ1) is 6.67. The van der Waals surface area contributed by atoms with Gasteiger partial charge in [0.05, 0.1) is 19.4 Å². The molecule has 0 amide bonds. The van der Waals surface area contributed by atoms with Crippen molar-refractivity contribution in [1.82, 2.24) is 4.98 Å². The van der Waals surface area contributed by atoms with Crippen LogP contribution in [0, 0.1) is 0 Å². The number of carbonyl (C=O) groups excluding carboxylic acids is 1. The summed E-state index contributed by atoms with van der Waals surface area (Å²) in [4.78, 5) is 15.2. The fourth-order valence-electron chi connectivity index (χ4n) is 0.982. The minimum Gasteiger partial charge on any atom is -0.464 e. The van der Waals surface area contributed by atoms with Gasteiger partial charge >= 0.3 is 5.97 Å². The van der Waals surface area contributed by atoms with Gasteiger partial charge in [-0.2, -0.15) is 0 Å². The topological polar surface area (TPSA) is 48.4 Å². The largest absolute Gasteiger partial charge is 0.464 e. The summed E-state index contributed by atoms with van der Waals surface area (Å²) in [5.74, 6) is -0.455. The molecule has 4 nitrogen and oxygen atoms in total. The monoisotopic (exact) mass is 259 g/mol. The van der Waals surface area contributed by atoms with Gasteiger partial charge in [-0.15, -0.1) is 0 Å². The molecule has 0 N–H and O–H groups in total. The molecule has 0 aliphatic heterocycles. The molecule has 0 aliphatic rings. The smallest absolute Gasteiger partial charge is 0.356 e. The van der Waals surface area contributed by atoms with Crippen LogP contribution in [0.25, 0.3) is 0 Å². The first-order valence-electron chi connectivity index (χ1n) is 3.91. The van der Waals surface area contributed by atoms with E-state index in [1.807, 2.05) is 0 Å². The van der Waals surface area contributed by atoms with Crippen LogP contribution in [-0.4, -0.2) is 25.2 Å². The average molecular weight is 260 g/mol. The maximum atomic E-state index is 11.2. The third-order valence-corrected chi connectivity index (χ3v) is 1.99. The molecule has 1 rings (SSSR count). The number of methoxy groups -OCH3 is 2. The molecule has 1 aromatic heterocycles. The van der Waals surface area contributed by atoms with Gasteiger partial charge in [-0.3, -0.25) is 0 Å². The summed E-state index contributed by atoms with van der Waals surface area (Å²) >= 11 is 3.28. The van der Waals surface area contributed by atoms with Gasteiger partial charge in [-0.05, 0) is 12.1 Å². The molecule has 0 bridgehead atoms. The van der Waals surface area contributed by atoms with Crippen LogP contribution in [0.2, 0.25) is 0 Å². The van der Waals surface area contributed by atoms with Crippen molar-refractivity contribution >= 4 is 21.9 Å². The molecule has 0 unspecified atom stereocenters. The van der Waals surface area contributed by atoms with Crippen molar-refractivity contribution in [1.29, 1.82) is 0 Å². The standard InChI is InChI=1S/C9H10BrNO3/c1-13-5-7-3-6(10)4-8(11-7)9(12)14-2/h3-4H,5H2,1-2H3. The molecule has 0 radical (unpaired) electrons. The van der Waals surface area contributed by atoms with Crippen LogP contribution in [0.1, 0.15) is 16.2 Å². The molecule has 5 heteroatoms. The van der Waals surface area contributed by atoms with Gasteiger partial charge in [0.25, 0.3) is 0 Å². The minimum atomic E-state index is -0.455. The Labute approximate surface area is 90.4 Å². The fraction of sp³-hybridized carbons (Fsp3) is 0.333. The number of rotatable bonds is 3. The second-order valence-corrected chi connectivity index (χ2v) is 3.50. The minimum absolute atomic E-state index is 0.272. The van der Waals surface area contributed by atoms with E-state index < -0.39 is 5.97 Å². The summed E-state index contributed by atoms with van der Waals surface area (Å²) < 4.78 is 10.3. The van der Waals surface area contributed by atoms with Crippen molar-refractivity contribution in [2.24, 2.45) is 0 Å². The van der Waals surface area contributed by atoms with E-state index in [4.69, 9.17) is 4.74 Å². The molecule has 76 valence electrons. The van der Waals surface area contributed by atoms with Gasteiger partial charge in [-0.25, -0.2) is 9.78 Å². The van der Waals surface area contributed by atoms with Gasteiger partial charge in [0, 0.05) is 11.6 Å². The molecule has 1 heterocycles. The number of esters is 1. The summed E-state index contributed by atoms with van der Waals surface area (Å²) in [5, 5.41) is 0. The van der Waals surface area contributed by atoms with E-state index in [0.717, 1.165) is 4.47 Å². The first-order valence-corrected chi connectivity index (χ1v) is 4.70. The fourth-order valence-corrected chi connectivity index (χ4v) is 1.46. The number of pyridine rings is 1. The maximum absolute atomic E-state index is 11.2. The van der Waals surface area contributed by atoms with E-state index in [1.54, 1.807) is 19.2 Å². The molecule has 0 aromatic carbocycles. The Kier molecular flexibility index (Phi) is 4.03. The van der Waals surface area contributed by atoms with Crippen LogP contribution < -0.4 is 0 Å². The van der Waals surface area contributed by atoms with E-state index in [9.17, 15) is 4.79 Å². The molecule has 0 fully saturated rings. The van der Waals surface area contributed by atoms with E-state index in [0.29, 0.717) is 12.3 Å². The Morgan fingerprint density at radius 2 is 2.21 bits per heavy atom. The van der Waals surface area contributed by atoms with Crippen LogP contribution in [0.3, 0.4) is 0 Å². The summed E-state index contributed by atoms with van der Waals surface area (Å²) in [5.41, 5.74) is 0.955. The van der Waals surface area contributed by atoms with Crippen LogP contribution in [0.5, 0.6) is 0 Å². The second kappa shape index (κ2) is 5.07. The summed E-state index contributed by atoms with van der Waals surface area (Å²) in [6.45, 7) is 0.365. The van der Waals surface area contributed by atoms with Crippen LogP contribution in [0.15, 0.2) is 16.6 Å². The molecule has 0 saturated carbocycles. The van der Waals surface area contributed by atoms with Crippen molar-refractivity contribution in [2.45, 2.75) is 6.61 Å². The van der Waals surface area contributed by atoms with Crippen LogP contribution in [0.4, 0.5) is 0 Å². The number of hydrogen-bond acceptors (Lipinski definition) is 4. The highest BCUT2D eigenvalue weighted by Crippen LogP contribution is 2.13. The van der Waals surface area contributed by atoms with Gasteiger partial charge in [0.2, 0.25) is 0 Å². The third kappa shape index (κ3) is 2.78. The lowest BCUT2D eigenvalue weighted by Gasteiger charge is -2.03. The molecule has 0 atom stereocenters. The summed E-state index contributed by atoms with van der Waals surface area (Å²) in [7, 11) is 2.89. The van der Waals surface area contributed by atoms with Crippen molar-refractivity contribution in [3.05, 3.63) is 28.0 Å². The Balaban J connectivity index is 3.00. The number of ether oxygens (including phenoxy) is 2. The number of hydrogen-bond donors (Lipinski definition) is 0. The number of nitrogens with zero attached hydrogens (tertiary/aromatic N) is 1. The quantitative estimate of drug-likeness (QED) is 0.777. The highest BCUT2D eigenvalue weighted by atomic mass is 79.9. The lowest BCUT2D eigenvalue weighted by molar-refractivity contribution is 0.0593. The Morgan fingerprint density at radius 1 is 1.50 bits per heavy atom. The van der Waals surface area contributed by atoms with E-state index >= 15 is 0 Å². The van der Waals surface area contributed by atoms with Gasteiger partial charge in [0.1, 0.15) is 5.69 Å². The average Bonchev–Trinajstić information content (AvgIpc) is 2.16. The lowest BCUT2D eigenvalue weighted by atomic mass is 10.3. The normalized spacial score (nSPS) is 9.93. The SMILES string of the molecule is COCc1cc(Br)cc(C(=O)OC)n1. The Morgan fingerprint density at radius 3 is 2.79 bits per heavy atom. The van der Waals surface area contributed by atoms with Gasteiger partial charge < -0.3 is 9.47 Å². The summed E-state index contributed by atoms with van der Waals surface area (Å²) in [6, 6.07) is 3.39. The van der Waals surface area contributed by atoms with Crippen molar-refractivity contribution in [2.75, 3.05) is 14.2 Å². The highest BCUT2D eigenvalue weighted by Gasteiger charge is 2.09. The van der Waals surface area contributed by atoms with Crippen molar-refractivity contribution < 1.29 is 14.3 Å². The molecule has 1 aromatic rings. The van der Waals surface area contributed by atoms with Crippen LogP contribution >= 0.6 is 15.9 Å². The zero-order valence-electron chi connectivity index (χ0n) is 7.91. The number of halogens is 1. The molecule has 0 spiro atoms. The zero-order chi connectivity index (χ0) is 10.6. The van der Waals surface area contributed by atoms with Crippen molar-refractivity contribution in [3.63, 3.8) is 0 Å².